The zero-order valence-corrected chi connectivity index (χ0v) is 10.8. The third-order valence-corrected chi connectivity index (χ3v) is 4.01. The van der Waals surface area contributed by atoms with Gasteiger partial charge in [0.15, 0.2) is 13.5 Å². The molecule has 0 aromatic heterocycles. The van der Waals surface area contributed by atoms with Gasteiger partial charge in [-0.05, 0) is 20.3 Å². The molecule has 0 aliphatic rings. The fraction of sp³-hybridized carbons (Fsp3) is 0.889. The first-order valence-corrected chi connectivity index (χ1v) is 7.22. The summed E-state index contributed by atoms with van der Waals surface area (Å²) in [6.07, 6.45) is 1.91. The number of carbonyl (C=O) groups excluding carboxylic acids is 1. The van der Waals surface area contributed by atoms with Crippen molar-refractivity contribution in [3.8, 4) is 0 Å². The van der Waals surface area contributed by atoms with Crippen molar-refractivity contribution < 1.29 is 13.8 Å². The average Bonchev–Trinajstić information content (AvgIpc) is 2.12. The second-order valence-electron chi connectivity index (χ2n) is 2.59. The molecule has 0 atom stereocenters. The summed E-state index contributed by atoms with van der Waals surface area (Å²) < 4.78 is 10.9. The highest BCUT2D eigenvalue weighted by Gasteiger charge is 2.08. The number of hydrogen-bond acceptors (Lipinski definition) is 4. The largest absolute Gasteiger partial charge is 0.334 e. The first-order chi connectivity index (χ1) is 6.70. The van der Waals surface area contributed by atoms with Crippen LogP contribution in [0.2, 0.25) is 0 Å². The Morgan fingerprint density at radius 3 is 2.29 bits per heavy atom. The summed E-state index contributed by atoms with van der Waals surface area (Å²) in [4.78, 5) is 10.6. The standard InChI is InChI=1S/C9H19O3PS/c1-4-11-13(12-5-2)7-6-8-14-9(3)10/h4-8H2,1-3H3. The first kappa shape index (κ1) is 14.4. The van der Waals surface area contributed by atoms with Crippen LogP contribution in [0.1, 0.15) is 27.2 Å². The molecule has 0 radical (unpaired) electrons. The van der Waals surface area contributed by atoms with E-state index in [1.54, 1.807) is 6.92 Å². The zero-order chi connectivity index (χ0) is 10.8. The van der Waals surface area contributed by atoms with Crippen LogP contribution in [0.3, 0.4) is 0 Å². The minimum absolute atomic E-state index is 0.183. The Balaban J connectivity index is 3.44. The Labute approximate surface area is 91.8 Å². The summed E-state index contributed by atoms with van der Waals surface area (Å²) in [5.41, 5.74) is 0. The van der Waals surface area contributed by atoms with Crippen LogP contribution in [0.15, 0.2) is 0 Å². The van der Waals surface area contributed by atoms with E-state index in [4.69, 9.17) is 9.05 Å². The van der Waals surface area contributed by atoms with Crippen molar-refractivity contribution in [2.75, 3.05) is 25.1 Å². The van der Waals surface area contributed by atoms with Gasteiger partial charge in [0.2, 0.25) is 0 Å². The van der Waals surface area contributed by atoms with E-state index in [-0.39, 0.29) is 5.12 Å². The summed E-state index contributed by atoms with van der Waals surface area (Å²) in [5.74, 6) is 0.869. The fourth-order valence-electron chi connectivity index (χ4n) is 0.864. The molecule has 0 fully saturated rings. The van der Waals surface area contributed by atoms with Crippen LogP contribution in [-0.2, 0) is 13.8 Å². The maximum atomic E-state index is 10.6. The van der Waals surface area contributed by atoms with Gasteiger partial charge in [0.25, 0.3) is 0 Å². The molecular formula is C9H19O3PS. The second-order valence-corrected chi connectivity index (χ2v) is 5.49. The summed E-state index contributed by atoms with van der Waals surface area (Å²) in [5, 5.41) is 0.183. The maximum absolute atomic E-state index is 10.6. The van der Waals surface area contributed by atoms with Crippen LogP contribution >= 0.6 is 20.1 Å². The predicted octanol–water partition coefficient (Wildman–Crippen LogP) is 3.04. The molecule has 5 heteroatoms. The monoisotopic (exact) mass is 238 g/mol. The minimum Gasteiger partial charge on any atom is -0.334 e. The minimum atomic E-state index is -0.716. The van der Waals surface area contributed by atoms with E-state index in [0.29, 0.717) is 13.2 Å². The highest BCUT2D eigenvalue weighted by Crippen LogP contribution is 2.38. The van der Waals surface area contributed by atoms with Gasteiger partial charge in [0, 0.05) is 18.8 Å². The van der Waals surface area contributed by atoms with Gasteiger partial charge in [-0.25, -0.2) is 0 Å². The predicted molar refractivity (Wildman–Crippen MR) is 62.8 cm³/mol. The van der Waals surface area contributed by atoms with Crippen LogP contribution < -0.4 is 0 Å². The number of hydrogen-bond donors (Lipinski definition) is 0. The van der Waals surface area contributed by atoms with Crippen LogP contribution in [0.4, 0.5) is 0 Å². The normalized spacial score (nSPS) is 10.9. The van der Waals surface area contributed by atoms with Gasteiger partial charge in [0.1, 0.15) is 0 Å². The summed E-state index contributed by atoms with van der Waals surface area (Å²) in [7, 11) is -0.716. The lowest BCUT2D eigenvalue weighted by atomic mass is 10.6. The first-order valence-electron chi connectivity index (χ1n) is 4.87. The van der Waals surface area contributed by atoms with Crippen LogP contribution in [0.25, 0.3) is 0 Å². The molecule has 0 aromatic carbocycles. The molecular weight excluding hydrogens is 219 g/mol. The van der Waals surface area contributed by atoms with E-state index < -0.39 is 8.38 Å². The second kappa shape index (κ2) is 9.91. The molecule has 0 aliphatic carbocycles. The molecule has 14 heavy (non-hydrogen) atoms. The van der Waals surface area contributed by atoms with E-state index in [1.165, 1.54) is 11.8 Å². The molecule has 0 unspecified atom stereocenters. The Bertz CT molecular complexity index is 149. The molecule has 0 aliphatic heterocycles. The molecule has 0 aromatic rings. The number of thioether (sulfide) groups is 1. The maximum Gasteiger partial charge on any atom is 0.185 e. The molecule has 0 rings (SSSR count). The number of carbonyl (C=O) groups is 1. The van der Waals surface area contributed by atoms with Crippen molar-refractivity contribution in [3.63, 3.8) is 0 Å². The number of rotatable bonds is 8. The van der Waals surface area contributed by atoms with Crippen molar-refractivity contribution >= 4 is 25.3 Å². The van der Waals surface area contributed by atoms with E-state index in [9.17, 15) is 4.79 Å². The Kier molecular flexibility index (Phi) is 10.2. The SMILES string of the molecule is CCOP(CCCSC(C)=O)OCC. The van der Waals surface area contributed by atoms with E-state index >= 15 is 0 Å². The third kappa shape index (κ3) is 8.95. The zero-order valence-electron chi connectivity index (χ0n) is 9.12. The topological polar surface area (TPSA) is 35.5 Å². The lowest BCUT2D eigenvalue weighted by Gasteiger charge is -2.14. The van der Waals surface area contributed by atoms with E-state index in [2.05, 4.69) is 0 Å². The highest BCUT2D eigenvalue weighted by molar-refractivity contribution is 8.13. The van der Waals surface area contributed by atoms with E-state index in [1.807, 2.05) is 13.8 Å². The van der Waals surface area contributed by atoms with Crippen molar-refractivity contribution in [2.45, 2.75) is 27.2 Å². The summed E-state index contributed by atoms with van der Waals surface area (Å²) in [6, 6.07) is 0. The summed E-state index contributed by atoms with van der Waals surface area (Å²) in [6.45, 7) is 6.94. The van der Waals surface area contributed by atoms with E-state index in [0.717, 1.165) is 18.3 Å². The van der Waals surface area contributed by atoms with Crippen LogP contribution in [0, 0.1) is 0 Å². The van der Waals surface area contributed by atoms with Crippen LogP contribution in [-0.4, -0.2) is 30.2 Å². The van der Waals surface area contributed by atoms with Gasteiger partial charge >= 0.3 is 0 Å². The Morgan fingerprint density at radius 2 is 1.86 bits per heavy atom. The van der Waals surface area contributed by atoms with Crippen LogP contribution in [0.5, 0.6) is 0 Å². The molecule has 0 spiro atoms. The average molecular weight is 238 g/mol. The van der Waals surface area contributed by atoms with Crippen molar-refractivity contribution in [2.24, 2.45) is 0 Å². The summed E-state index contributed by atoms with van der Waals surface area (Å²) >= 11 is 1.37. The molecule has 84 valence electrons. The van der Waals surface area contributed by atoms with Crippen molar-refractivity contribution in [1.29, 1.82) is 0 Å². The smallest absolute Gasteiger partial charge is 0.185 e. The molecule has 0 bridgehead atoms. The van der Waals surface area contributed by atoms with Gasteiger partial charge in [0.05, 0.1) is 13.2 Å². The Morgan fingerprint density at radius 1 is 1.29 bits per heavy atom. The highest BCUT2D eigenvalue weighted by atomic mass is 32.2. The van der Waals surface area contributed by atoms with Crippen molar-refractivity contribution in [3.05, 3.63) is 0 Å². The lowest BCUT2D eigenvalue weighted by Crippen LogP contribution is -1.97. The quantitative estimate of drug-likeness (QED) is 0.481. The molecule has 3 nitrogen and oxygen atoms in total. The van der Waals surface area contributed by atoms with Crippen molar-refractivity contribution in [1.82, 2.24) is 0 Å². The van der Waals surface area contributed by atoms with Gasteiger partial charge in [-0.2, -0.15) is 0 Å². The molecule has 0 heterocycles. The van der Waals surface area contributed by atoms with Gasteiger partial charge in [-0.3, -0.25) is 4.79 Å². The molecule has 0 saturated carbocycles. The molecule has 0 N–H and O–H groups in total. The Hall–Kier alpha value is 0.370. The molecule has 0 amide bonds. The van der Waals surface area contributed by atoms with Gasteiger partial charge in [-0.15, -0.1) is 0 Å². The fourth-order valence-corrected chi connectivity index (χ4v) is 2.98. The molecule has 0 saturated heterocycles. The van der Waals surface area contributed by atoms with Gasteiger partial charge < -0.3 is 9.05 Å². The third-order valence-electron chi connectivity index (χ3n) is 1.34. The lowest BCUT2D eigenvalue weighted by molar-refractivity contribution is -0.109. The van der Waals surface area contributed by atoms with Gasteiger partial charge in [-0.1, -0.05) is 11.8 Å².